The minimum atomic E-state index is 0.0157. The predicted octanol–water partition coefficient (Wildman–Crippen LogP) is 2.39. The Bertz CT molecular complexity index is 617. The Morgan fingerprint density at radius 2 is 2.40 bits per heavy atom. The van der Waals surface area contributed by atoms with Gasteiger partial charge in [0.25, 0.3) is 5.91 Å². The maximum absolute atomic E-state index is 12.3. The van der Waals surface area contributed by atoms with Crippen LogP contribution in [0.5, 0.6) is 5.75 Å². The van der Waals surface area contributed by atoms with Crippen molar-refractivity contribution in [3.8, 4) is 5.75 Å². The number of amides is 1. The largest absolute Gasteiger partial charge is 0.496 e. The molecule has 5 heteroatoms. The first-order chi connectivity index (χ1) is 9.78. The minimum absolute atomic E-state index is 0.0157. The number of thiophene rings is 1. The van der Waals surface area contributed by atoms with E-state index < -0.39 is 0 Å². The third-order valence-corrected chi connectivity index (χ3v) is 4.70. The topological polar surface area (TPSA) is 50.4 Å². The fourth-order valence-corrected chi connectivity index (χ4v) is 3.54. The Kier molecular flexibility index (Phi) is 3.89. The highest BCUT2D eigenvalue weighted by molar-refractivity contribution is 7.20. The van der Waals surface area contributed by atoms with E-state index in [1.54, 1.807) is 7.11 Å². The molecule has 1 fully saturated rings. The molecule has 0 unspecified atom stereocenters. The lowest BCUT2D eigenvalue weighted by atomic mass is 10.1. The highest BCUT2D eigenvalue weighted by Crippen LogP contribution is 2.32. The number of nitrogens with one attached hydrogen (secondary N) is 2. The average molecular weight is 290 g/mol. The van der Waals surface area contributed by atoms with E-state index in [2.05, 4.69) is 10.6 Å². The molecule has 3 rings (SSSR count). The van der Waals surface area contributed by atoms with Crippen molar-refractivity contribution >= 4 is 27.3 Å². The van der Waals surface area contributed by atoms with Crippen LogP contribution in [-0.4, -0.2) is 32.1 Å². The van der Waals surface area contributed by atoms with Crippen molar-refractivity contribution in [1.82, 2.24) is 10.6 Å². The third kappa shape index (κ3) is 2.64. The molecule has 2 N–H and O–H groups in total. The Morgan fingerprint density at radius 1 is 1.50 bits per heavy atom. The van der Waals surface area contributed by atoms with Crippen LogP contribution < -0.4 is 15.4 Å². The molecule has 1 aliphatic heterocycles. The standard InChI is InChI=1S/C15H18N2O2S/c1-19-12-5-2-6-13-11(12)8-14(20-13)15(18)17-10-4-3-7-16-9-10/h2,5-6,8,10,16H,3-4,7,9H2,1H3,(H,17,18)/t10-/m1/s1. The van der Waals surface area contributed by atoms with Crippen LogP contribution in [0, 0.1) is 0 Å². The Balaban J connectivity index is 1.80. The monoisotopic (exact) mass is 290 g/mol. The van der Waals surface area contributed by atoms with Crippen LogP contribution in [0.4, 0.5) is 0 Å². The summed E-state index contributed by atoms with van der Waals surface area (Å²) in [7, 11) is 1.65. The summed E-state index contributed by atoms with van der Waals surface area (Å²) in [5.41, 5.74) is 0. The van der Waals surface area contributed by atoms with Gasteiger partial charge in [0.2, 0.25) is 0 Å². The van der Waals surface area contributed by atoms with Crippen molar-refractivity contribution < 1.29 is 9.53 Å². The second-order valence-electron chi connectivity index (χ2n) is 5.00. The van der Waals surface area contributed by atoms with E-state index in [0.717, 1.165) is 46.6 Å². The molecule has 1 amide bonds. The second-order valence-corrected chi connectivity index (χ2v) is 6.08. The molecule has 20 heavy (non-hydrogen) atoms. The summed E-state index contributed by atoms with van der Waals surface area (Å²) < 4.78 is 6.42. The molecule has 1 aliphatic rings. The molecule has 0 bridgehead atoms. The van der Waals surface area contributed by atoms with Gasteiger partial charge in [0.1, 0.15) is 5.75 Å². The van der Waals surface area contributed by atoms with Gasteiger partial charge in [0.15, 0.2) is 0 Å². The zero-order chi connectivity index (χ0) is 13.9. The van der Waals surface area contributed by atoms with Crippen molar-refractivity contribution in [2.45, 2.75) is 18.9 Å². The number of fused-ring (bicyclic) bond motifs is 1. The van der Waals surface area contributed by atoms with Crippen molar-refractivity contribution in [1.29, 1.82) is 0 Å². The molecule has 4 nitrogen and oxygen atoms in total. The van der Waals surface area contributed by atoms with Crippen LogP contribution in [0.25, 0.3) is 10.1 Å². The van der Waals surface area contributed by atoms with E-state index in [1.807, 2.05) is 24.3 Å². The van der Waals surface area contributed by atoms with Crippen LogP contribution in [0.2, 0.25) is 0 Å². The molecule has 1 saturated heterocycles. The quantitative estimate of drug-likeness (QED) is 0.912. The number of benzene rings is 1. The minimum Gasteiger partial charge on any atom is -0.496 e. The number of ether oxygens (including phenoxy) is 1. The number of carbonyl (C=O) groups is 1. The van der Waals surface area contributed by atoms with Crippen molar-refractivity contribution in [3.63, 3.8) is 0 Å². The maximum Gasteiger partial charge on any atom is 0.261 e. The molecule has 1 aromatic carbocycles. The summed E-state index contributed by atoms with van der Waals surface area (Å²) in [6.45, 7) is 1.91. The van der Waals surface area contributed by atoms with Crippen LogP contribution >= 0.6 is 11.3 Å². The number of hydrogen-bond acceptors (Lipinski definition) is 4. The van der Waals surface area contributed by atoms with Crippen molar-refractivity contribution in [2.75, 3.05) is 20.2 Å². The molecule has 1 atom stereocenters. The number of piperidine rings is 1. The van der Waals surface area contributed by atoms with Crippen molar-refractivity contribution in [3.05, 3.63) is 29.1 Å². The molecular formula is C15H18N2O2S. The zero-order valence-electron chi connectivity index (χ0n) is 11.4. The van der Waals surface area contributed by atoms with E-state index in [0.29, 0.717) is 0 Å². The fraction of sp³-hybridized carbons (Fsp3) is 0.400. The van der Waals surface area contributed by atoms with Gasteiger partial charge in [0, 0.05) is 22.7 Å². The molecule has 2 aromatic rings. The average Bonchev–Trinajstić information content (AvgIpc) is 2.92. The lowest BCUT2D eigenvalue weighted by molar-refractivity contribution is 0.0935. The van der Waals surface area contributed by atoms with Gasteiger partial charge >= 0.3 is 0 Å². The summed E-state index contributed by atoms with van der Waals surface area (Å²) in [6, 6.07) is 8.04. The molecule has 0 radical (unpaired) electrons. The molecule has 0 saturated carbocycles. The summed E-state index contributed by atoms with van der Waals surface area (Å²) in [4.78, 5) is 13.1. The van der Waals surface area contributed by atoms with Crippen LogP contribution in [0.3, 0.4) is 0 Å². The van der Waals surface area contributed by atoms with Crippen LogP contribution in [-0.2, 0) is 0 Å². The summed E-state index contributed by atoms with van der Waals surface area (Å²) >= 11 is 1.51. The maximum atomic E-state index is 12.3. The lowest BCUT2D eigenvalue weighted by Gasteiger charge is -2.23. The van der Waals surface area contributed by atoms with E-state index in [1.165, 1.54) is 11.3 Å². The third-order valence-electron chi connectivity index (χ3n) is 3.60. The number of hydrogen-bond donors (Lipinski definition) is 2. The molecular weight excluding hydrogens is 272 g/mol. The van der Waals surface area contributed by atoms with Gasteiger partial charge in [-0.3, -0.25) is 4.79 Å². The number of carbonyl (C=O) groups excluding carboxylic acids is 1. The van der Waals surface area contributed by atoms with E-state index in [9.17, 15) is 4.79 Å². The lowest BCUT2D eigenvalue weighted by Crippen LogP contribution is -2.45. The van der Waals surface area contributed by atoms with E-state index in [4.69, 9.17) is 4.74 Å². The predicted molar refractivity (Wildman–Crippen MR) is 81.7 cm³/mol. The highest BCUT2D eigenvalue weighted by Gasteiger charge is 2.18. The number of rotatable bonds is 3. The second kappa shape index (κ2) is 5.81. The van der Waals surface area contributed by atoms with Gasteiger partial charge in [-0.1, -0.05) is 6.07 Å². The van der Waals surface area contributed by atoms with Gasteiger partial charge in [-0.05, 0) is 37.6 Å². The van der Waals surface area contributed by atoms with Crippen molar-refractivity contribution in [2.24, 2.45) is 0 Å². The molecule has 0 spiro atoms. The summed E-state index contributed by atoms with van der Waals surface area (Å²) in [5.74, 6) is 0.832. The first-order valence-corrected chi connectivity index (χ1v) is 7.67. The van der Waals surface area contributed by atoms with Crippen LogP contribution in [0.1, 0.15) is 22.5 Å². The first kappa shape index (κ1) is 13.4. The zero-order valence-corrected chi connectivity index (χ0v) is 12.3. The Hall–Kier alpha value is -1.59. The number of methoxy groups -OCH3 is 1. The molecule has 1 aromatic heterocycles. The summed E-state index contributed by atoms with van der Waals surface area (Å²) in [6.07, 6.45) is 2.16. The molecule has 2 heterocycles. The Morgan fingerprint density at radius 3 is 3.15 bits per heavy atom. The Labute approximate surface area is 122 Å². The van der Waals surface area contributed by atoms with E-state index in [-0.39, 0.29) is 11.9 Å². The van der Waals surface area contributed by atoms with Crippen LogP contribution in [0.15, 0.2) is 24.3 Å². The summed E-state index contributed by atoms with van der Waals surface area (Å²) in [5, 5.41) is 7.41. The van der Waals surface area contributed by atoms with E-state index >= 15 is 0 Å². The van der Waals surface area contributed by atoms with Gasteiger partial charge in [-0.2, -0.15) is 0 Å². The normalized spacial score (nSPS) is 18.9. The van der Waals surface area contributed by atoms with Gasteiger partial charge in [-0.25, -0.2) is 0 Å². The SMILES string of the molecule is COc1cccc2sc(C(=O)N[C@@H]3CCCNC3)cc12. The van der Waals surface area contributed by atoms with Gasteiger partial charge < -0.3 is 15.4 Å². The highest BCUT2D eigenvalue weighted by atomic mass is 32.1. The fourth-order valence-electron chi connectivity index (χ4n) is 2.56. The van der Waals surface area contributed by atoms with Gasteiger partial charge in [-0.15, -0.1) is 11.3 Å². The molecule has 0 aliphatic carbocycles. The smallest absolute Gasteiger partial charge is 0.261 e. The van der Waals surface area contributed by atoms with Gasteiger partial charge in [0.05, 0.1) is 12.0 Å². The molecule has 106 valence electrons. The first-order valence-electron chi connectivity index (χ1n) is 6.86.